The minimum atomic E-state index is -1.35. The van der Waals surface area contributed by atoms with E-state index < -0.39 is 8.32 Å². The molecule has 0 bridgehead atoms. The van der Waals surface area contributed by atoms with Crippen molar-refractivity contribution < 1.29 is 13.9 Å². The van der Waals surface area contributed by atoms with E-state index in [0.717, 1.165) is 40.9 Å². The maximum Gasteiger partial charge on any atom is 0.186 e. The standard InChI is InChI=1S/C32H43NO3Si/c1-34-37(2,3)22-12-10-8-6-4-5-7-9-11-21-35-31-18-14-27(15-19-31)26-36-32-20-17-29-23-28(25-33)13-16-30(29)24-32/h13-20,23-24H,4-12,21-22,26H2,1-3H3. The minimum Gasteiger partial charge on any atom is -0.494 e. The molecule has 37 heavy (non-hydrogen) atoms. The van der Waals surface area contributed by atoms with Crippen LogP contribution in [0.2, 0.25) is 19.1 Å². The molecule has 3 rings (SSSR count). The lowest BCUT2D eigenvalue weighted by Gasteiger charge is -2.19. The van der Waals surface area contributed by atoms with Crippen molar-refractivity contribution in [2.45, 2.75) is 83.5 Å². The van der Waals surface area contributed by atoms with Crippen molar-refractivity contribution >= 4 is 19.1 Å². The Hall–Kier alpha value is -2.81. The van der Waals surface area contributed by atoms with Gasteiger partial charge in [-0.25, -0.2) is 0 Å². The second kappa shape index (κ2) is 15.4. The van der Waals surface area contributed by atoms with Gasteiger partial charge in [0.1, 0.15) is 18.1 Å². The molecule has 0 aromatic heterocycles. The van der Waals surface area contributed by atoms with Crippen LogP contribution in [0.1, 0.15) is 68.9 Å². The van der Waals surface area contributed by atoms with Crippen molar-refractivity contribution in [3.8, 4) is 17.6 Å². The summed E-state index contributed by atoms with van der Waals surface area (Å²) in [5, 5.41) is 11.2. The van der Waals surface area contributed by atoms with E-state index in [1.54, 1.807) is 0 Å². The Bertz CT molecular complexity index is 1120. The van der Waals surface area contributed by atoms with Gasteiger partial charge in [-0.1, -0.05) is 75.6 Å². The molecule has 0 unspecified atom stereocenters. The van der Waals surface area contributed by atoms with Gasteiger partial charge in [0.2, 0.25) is 0 Å². The number of rotatable bonds is 17. The van der Waals surface area contributed by atoms with Gasteiger partial charge in [-0.2, -0.15) is 5.26 Å². The first-order valence-electron chi connectivity index (χ1n) is 13.8. The molecule has 3 aromatic carbocycles. The monoisotopic (exact) mass is 517 g/mol. The lowest BCUT2D eigenvalue weighted by atomic mass is 10.1. The van der Waals surface area contributed by atoms with Crippen molar-refractivity contribution in [3.63, 3.8) is 0 Å². The molecule has 0 aliphatic rings. The molecule has 0 N–H and O–H groups in total. The Morgan fingerprint density at radius 1 is 0.676 bits per heavy atom. The van der Waals surface area contributed by atoms with Gasteiger partial charge in [0.15, 0.2) is 8.32 Å². The van der Waals surface area contributed by atoms with Crippen molar-refractivity contribution in [1.29, 1.82) is 5.26 Å². The molecule has 5 heteroatoms. The predicted molar refractivity (Wildman–Crippen MR) is 156 cm³/mol. The van der Waals surface area contributed by atoms with E-state index in [1.807, 2.05) is 55.6 Å². The second-order valence-electron chi connectivity index (χ2n) is 10.5. The van der Waals surface area contributed by atoms with Gasteiger partial charge in [-0.05, 0) is 78.3 Å². The van der Waals surface area contributed by atoms with E-state index in [9.17, 15) is 0 Å². The zero-order valence-corrected chi connectivity index (χ0v) is 23.9. The van der Waals surface area contributed by atoms with Crippen molar-refractivity contribution in [2.75, 3.05) is 13.7 Å². The molecular formula is C32H43NO3Si. The average Bonchev–Trinajstić information content (AvgIpc) is 2.92. The van der Waals surface area contributed by atoms with Gasteiger partial charge in [0.05, 0.1) is 18.2 Å². The van der Waals surface area contributed by atoms with E-state index in [1.165, 1.54) is 57.4 Å². The number of unbranched alkanes of at least 4 members (excludes halogenated alkanes) is 8. The van der Waals surface area contributed by atoms with Crippen LogP contribution in [0.25, 0.3) is 10.8 Å². The first-order valence-corrected chi connectivity index (χ1v) is 16.9. The maximum atomic E-state index is 9.05. The molecule has 0 amide bonds. The number of nitrogens with zero attached hydrogens (tertiary/aromatic N) is 1. The van der Waals surface area contributed by atoms with Crippen molar-refractivity contribution in [1.82, 2.24) is 0 Å². The van der Waals surface area contributed by atoms with Crippen LogP contribution in [0.15, 0.2) is 60.7 Å². The van der Waals surface area contributed by atoms with E-state index in [0.29, 0.717) is 12.2 Å². The third-order valence-corrected chi connectivity index (χ3v) is 9.68. The summed E-state index contributed by atoms with van der Waals surface area (Å²) in [7, 11) is 0.517. The number of hydrogen-bond acceptors (Lipinski definition) is 4. The van der Waals surface area contributed by atoms with Gasteiger partial charge >= 0.3 is 0 Å². The third-order valence-electron chi connectivity index (χ3n) is 7.01. The summed E-state index contributed by atoms with van der Waals surface area (Å²) < 4.78 is 17.5. The zero-order chi connectivity index (χ0) is 26.3. The lowest BCUT2D eigenvalue weighted by Crippen LogP contribution is -2.27. The Kier molecular flexibility index (Phi) is 12.0. The van der Waals surface area contributed by atoms with Crippen LogP contribution in [0.5, 0.6) is 11.5 Å². The molecule has 0 spiro atoms. The van der Waals surface area contributed by atoms with Crippen molar-refractivity contribution in [3.05, 3.63) is 71.8 Å². The largest absolute Gasteiger partial charge is 0.494 e. The summed E-state index contributed by atoms with van der Waals surface area (Å²) in [5.41, 5.74) is 1.78. The molecule has 0 aliphatic carbocycles. The first kappa shape index (κ1) is 28.8. The fourth-order valence-electron chi connectivity index (χ4n) is 4.41. The van der Waals surface area contributed by atoms with Gasteiger partial charge in [-0.3, -0.25) is 0 Å². The summed E-state index contributed by atoms with van der Waals surface area (Å²) in [6.45, 7) is 5.90. The molecule has 0 atom stereocenters. The minimum absolute atomic E-state index is 0.509. The van der Waals surface area contributed by atoms with Gasteiger partial charge in [0.25, 0.3) is 0 Å². The van der Waals surface area contributed by atoms with Crippen LogP contribution >= 0.6 is 0 Å². The number of ether oxygens (including phenoxy) is 2. The van der Waals surface area contributed by atoms with E-state index in [4.69, 9.17) is 19.2 Å². The Labute approximate surface area is 224 Å². The number of benzene rings is 3. The van der Waals surface area contributed by atoms with Gasteiger partial charge in [0, 0.05) is 7.11 Å². The molecule has 0 saturated carbocycles. The summed E-state index contributed by atoms with van der Waals surface area (Å²) in [5.74, 6) is 1.74. The van der Waals surface area contributed by atoms with E-state index >= 15 is 0 Å². The van der Waals surface area contributed by atoms with Crippen LogP contribution in [0.3, 0.4) is 0 Å². The molecule has 198 valence electrons. The highest BCUT2D eigenvalue weighted by atomic mass is 28.4. The Balaban J connectivity index is 1.23. The fourth-order valence-corrected chi connectivity index (χ4v) is 5.72. The van der Waals surface area contributed by atoms with Crippen molar-refractivity contribution in [2.24, 2.45) is 0 Å². The highest BCUT2D eigenvalue weighted by Crippen LogP contribution is 2.23. The average molecular weight is 518 g/mol. The molecule has 0 heterocycles. The smallest absolute Gasteiger partial charge is 0.186 e. The van der Waals surface area contributed by atoms with E-state index in [-0.39, 0.29) is 0 Å². The molecule has 0 saturated heterocycles. The maximum absolute atomic E-state index is 9.05. The molecule has 0 aliphatic heterocycles. The Morgan fingerprint density at radius 2 is 1.27 bits per heavy atom. The predicted octanol–water partition coefficient (Wildman–Crippen LogP) is 9.03. The van der Waals surface area contributed by atoms with Gasteiger partial charge < -0.3 is 13.9 Å². The highest BCUT2D eigenvalue weighted by molar-refractivity contribution is 6.71. The van der Waals surface area contributed by atoms with Crippen LogP contribution in [-0.2, 0) is 11.0 Å². The summed E-state index contributed by atoms with van der Waals surface area (Å²) in [6.07, 6.45) is 11.8. The highest BCUT2D eigenvalue weighted by Gasteiger charge is 2.19. The number of fused-ring (bicyclic) bond motifs is 1. The van der Waals surface area contributed by atoms with Crippen LogP contribution in [0, 0.1) is 11.3 Å². The summed E-state index contributed by atoms with van der Waals surface area (Å²) >= 11 is 0. The number of hydrogen-bond donors (Lipinski definition) is 0. The second-order valence-corrected chi connectivity index (χ2v) is 14.9. The zero-order valence-electron chi connectivity index (χ0n) is 22.9. The lowest BCUT2D eigenvalue weighted by molar-refractivity contribution is 0.300. The molecule has 0 fully saturated rings. The first-order chi connectivity index (χ1) is 18.0. The molecule has 0 radical (unpaired) electrons. The third kappa shape index (κ3) is 10.6. The molecule has 3 aromatic rings. The van der Waals surface area contributed by atoms with Gasteiger partial charge in [-0.15, -0.1) is 0 Å². The number of nitriles is 1. The topological polar surface area (TPSA) is 51.5 Å². The molecular weight excluding hydrogens is 474 g/mol. The summed E-state index contributed by atoms with van der Waals surface area (Å²) in [6, 6.07) is 23.3. The summed E-state index contributed by atoms with van der Waals surface area (Å²) in [4.78, 5) is 0. The van der Waals surface area contributed by atoms with Crippen LogP contribution < -0.4 is 9.47 Å². The van der Waals surface area contributed by atoms with Crippen LogP contribution in [-0.4, -0.2) is 22.0 Å². The Morgan fingerprint density at radius 3 is 1.95 bits per heavy atom. The van der Waals surface area contributed by atoms with Crippen LogP contribution in [0.4, 0.5) is 0 Å². The fraction of sp³-hybridized carbons (Fsp3) is 0.469. The normalized spacial score (nSPS) is 11.4. The SMILES string of the molecule is CO[Si](C)(C)CCCCCCCCCCCOc1ccc(COc2ccc3cc(C#N)ccc3c2)cc1. The van der Waals surface area contributed by atoms with E-state index in [2.05, 4.69) is 31.3 Å². The quantitative estimate of drug-likeness (QED) is 0.132. The molecule has 4 nitrogen and oxygen atoms in total.